The van der Waals surface area contributed by atoms with Crippen LogP contribution in [-0.2, 0) is 19.1 Å². The van der Waals surface area contributed by atoms with E-state index >= 15 is 0 Å². The van der Waals surface area contributed by atoms with Crippen LogP contribution in [0.1, 0.15) is 13.8 Å². The number of rotatable bonds is 4. The zero-order valence-electron chi connectivity index (χ0n) is 11.3. The van der Waals surface area contributed by atoms with Crippen molar-refractivity contribution < 1.29 is 28.5 Å². The third-order valence-corrected chi connectivity index (χ3v) is 2.67. The molecule has 6 nitrogen and oxygen atoms in total. The quantitative estimate of drug-likeness (QED) is 0.775. The number of ether oxygens (including phenoxy) is 4. The molecule has 0 aliphatic carbocycles. The monoisotopic (exact) mass is 280 g/mol. The van der Waals surface area contributed by atoms with E-state index in [0.29, 0.717) is 11.5 Å². The first kappa shape index (κ1) is 14.2. The van der Waals surface area contributed by atoms with Gasteiger partial charge in [0.05, 0.1) is 13.2 Å². The third kappa shape index (κ3) is 2.84. The molecular weight excluding hydrogens is 264 g/mol. The molecule has 0 saturated carbocycles. The van der Waals surface area contributed by atoms with E-state index in [4.69, 9.17) is 18.9 Å². The van der Waals surface area contributed by atoms with Gasteiger partial charge in [-0.1, -0.05) is 12.1 Å². The Kier molecular flexibility index (Phi) is 4.45. The van der Waals surface area contributed by atoms with E-state index in [-0.39, 0.29) is 13.2 Å². The molecule has 1 heterocycles. The molecule has 108 valence electrons. The fourth-order valence-corrected chi connectivity index (χ4v) is 1.83. The number of carbonyl (C=O) groups excluding carboxylic acids is 2. The van der Waals surface area contributed by atoms with Crippen LogP contribution in [0.4, 0.5) is 0 Å². The van der Waals surface area contributed by atoms with Crippen LogP contribution in [0.5, 0.6) is 11.5 Å². The van der Waals surface area contributed by atoms with Gasteiger partial charge >= 0.3 is 11.9 Å². The van der Waals surface area contributed by atoms with E-state index in [2.05, 4.69) is 0 Å². The summed E-state index contributed by atoms with van der Waals surface area (Å²) in [5, 5.41) is 0. The number of benzene rings is 1. The number of para-hydroxylation sites is 2. The normalized spacial score (nSPS) is 20.1. The second kappa shape index (κ2) is 6.27. The van der Waals surface area contributed by atoms with Crippen LogP contribution in [0.2, 0.25) is 0 Å². The molecule has 1 aromatic rings. The maximum atomic E-state index is 11.9. The molecule has 0 aromatic heterocycles. The number of hydrogen-bond acceptors (Lipinski definition) is 6. The summed E-state index contributed by atoms with van der Waals surface area (Å²) in [5.74, 6) is -0.516. The van der Waals surface area contributed by atoms with Gasteiger partial charge < -0.3 is 18.9 Å². The minimum Gasteiger partial charge on any atom is -0.470 e. The molecule has 2 rings (SSSR count). The van der Waals surface area contributed by atoms with Gasteiger partial charge in [-0.2, -0.15) is 0 Å². The zero-order valence-corrected chi connectivity index (χ0v) is 11.3. The molecule has 0 spiro atoms. The van der Waals surface area contributed by atoms with Gasteiger partial charge in [0, 0.05) is 0 Å². The molecular formula is C14H16O6. The Morgan fingerprint density at radius 2 is 1.35 bits per heavy atom. The van der Waals surface area contributed by atoms with Crippen molar-refractivity contribution in [3.8, 4) is 11.5 Å². The molecule has 0 unspecified atom stereocenters. The average molecular weight is 280 g/mol. The van der Waals surface area contributed by atoms with Crippen molar-refractivity contribution >= 4 is 11.9 Å². The van der Waals surface area contributed by atoms with Crippen LogP contribution in [0.15, 0.2) is 24.3 Å². The zero-order chi connectivity index (χ0) is 14.5. The number of esters is 2. The molecule has 20 heavy (non-hydrogen) atoms. The van der Waals surface area contributed by atoms with Gasteiger partial charge in [-0.05, 0) is 26.0 Å². The van der Waals surface area contributed by atoms with Crippen LogP contribution in [0.3, 0.4) is 0 Å². The van der Waals surface area contributed by atoms with E-state index in [9.17, 15) is 9.59 Å². The Morgan fingerprint density at radius 3 is 1.70 bits per heavy atom. The van der Waals surface area contributed by atoms with Crippen LogP contribution < -0.4 is 9.47 Å². The van der Waals surface area contributed by atoms with E-state index in [1.165, 1.54) is 0 Å². The number of hydrogen-bond donors (Lipinski definition) is 0. The van der Waals surface area contributed by atoms with Crippen molar-refractivity contribution in [2.45, 2.75) is 26.1 Å². The van der Waals surface area contributed by atoms with Crippen LogP contribution in [0.25, 0.3) is 0 Å². The predicted octanol–water partition coefficient (Wildman–Crippen LogP) is 1.32. The molecule has 1 aliphatic rings. The van der Waals surface area contributed by atoms with Gasteiger partial charge in [0.2, 0.25) is 12.2 Å². The van der Waals surface area contributed by atoms with Crippen LogP contribution >= 0.6 is 0 Å². The molecule has 0 saturated heterocycles. The molecule has 1 aliphatic heterocycles. The van der Waals surface area contributed by atoms with Crippen LogP contribution in [0, 0.1) is 0 Å². The van der Waals surface area contributed by atoms with Gasteiger partial charge in [-0.15, -0.1) is 0 Å². The van der Waals surface area contributed by atoms with Crippen molar-refractivity contribution in [3.63, 3.8) is 0 Å². The molecule has 0 N–H and O–H groups in total. The standard InChI is InChI=1S/C14H16O6/c1-3-17-13(15)11-12(14(16)18-4-2)20-10-8-6-5-7-9(10)19-11/h5-8,11-12H,3-4H2,1-2H3/t11-,12+. The molecule has 0 amide bonds. The smallest absolute Gasteiger partial charge is 0.351 e. The Hall–Kier alpha value is -2.24. The molecule has 6 heteroatoms. The molecule has 0 radical (unpaired) electrons. The van der Waals surface area contributed by atoms with Gasteiger partial charge in [-0.25, -0.2) is 9.59 Å². The maximum Gasteiger partial charge on any atom is 0.351 e. The second-order valence-corrected chi connectivity index (χ2v) is 4.03. The summed E-state index contributed by atoms with van der Waals surface area (Å²) >= 11 is 0. The summed E-state index contributed by atoms with van der Waals surface area (Å²) in [6.45, 7) is 3.73. The van der Waals surface area contributed by atoms with E-state index < -0.39 is 24.1 Å². The van der Waals surface area contributed by atoms with Gasteiger partial charge in [0.1, 0.15) is 0 Å². The highest BCUT2D eigenvalue weighted by Crippen LogP contribution is 2.34. The second-order valence-electron chi connectivity index (χ2n) is 4.03. The molecule has 0 bridgehead atoms. The summed E-state index contributed by atoms with van der Waals surface area (Å²) in [4.78, 5) is 23.8. The lowest BCUT2D eigenvalue weighted by Crippen LogP contribution is -2.51. The minimum atomic E-state index is -1.16. The fourth-order valence-electron chi connectivity index (χ4n) is 1.83. The lowest BCUT2D eigenvalue weighted by atomic mass is 10.1. The average Bonchev–Trinajstić information content (AvgIpc) is 2.46. The Bertz CT molecular complexity index is 453. The number of fused-ring (bicyclic) bond motifs is 1. The van der Waals surface area contributed by atoms with Crippen molar-refractivity contribution in [2.24, 2.45) is 0 Å². The molecule has 0 fully saturated rings. The lowest BCUT2D eigenvalue weighted by molar-refractivity contribution is -0.171. The van der Waals surface area contributed by atoms with Gasteiger partial charge in [-0.3, -0.25) is 0 Å². The highest BCUT2D eigenvalue weighted by atomic mass is 16.6. The largest absolute Gasteiger partial charge is 0.470 e. The summed E-state index contributed by atoms with van der Waals surface area (Å²) in [5.41, 5.74) is 0. The van der Waals surface area contributed by atoms with Gasteiger partial charge in [0.15, 0.2) is 11.5 Å². The summed E-state index contributed by atoms with van der Waals surface area (Å²) < 4.78 is 20.9. The minimum absolute atomic E-state index is 0.190. The summed E-state index contributed by atoms with van der Waals surface area (Å²) in [7, 11) is 0. The summed E-state index contributed by atoms with van der Waals surface area (Å²) in [6, 6.07) is 6.80. The van der Waals surface area contributed by atoms with Crippen molar-refractivity contribution in [1.82, 2.24) is 0 Å². The highest BCUT2D eigenvalue weighted by molar-refractivity contribution is 5.87. The lowest BCUT2D eigenvalue weighted by Gasteiger charge is -2.30. The number of carbonyl (C=O) groups is 2. The van der Waals surface area contributed by atoms with E-state index in [0.717, 1.165) is 0 Å². The van der Waals surface area contributed by atoms with E-state index in [1.54, 1.807) is 38.1 Å². The molecule has 1 aromatic carbocycles. The predicted molar refractivity (Wildman–Crippen MR) is 68.5 cm³/mol. The third-order valence-electron chi connectivity index (χ3n) is 2.67. The SMILES string of the molecule is CCOC(=O)[C@H]1Oc2ccccc2O[C@H]1C(=O)OCC. The summed E-state index contributed by atoms with van der Waals surface area (Å²) in [6.07, 6.45) is -2.33. The first-order chi connectivity index (χ1) is 9.67. The van der Waals surface area contributed by atoms with E-state index in [1.807, 2.05) is 0 Å². The topological polar surface area (TPSA) is 71.1 Å². The Balaban J connectivity index is 2.26. The van der Waals surface area contributed by atoms with Crippen LogP contribution in [-0.4, -0.2) is 37.4 Å². The molecule has 2 atom stereocenters. The highest BCUT2D eigenvalue weighted by Gasteiger charge is 2.43. The van der Waals surface area contributed by atoms with Crippen molar-refractivity contribution in [3.05, 3.63) is 24.3 Å². The van der Waals surface area contributed by atoms with Crippen molar-refractivity contribution in [2.75, 3.05) is 13.2 Å². The first-order valence-electron chi connectivity index (χ1n) is 6.43. The fraction of sp³-hybridized carbons (Fsp3) is 0.429. The van der Waals surface area contributed by atoms with Gasteiger partial charge in [0.25, 0.3) is 0 Å². The first-order valence-corrected chi connectivity index (χ1v) is 6.43. The Morgan fingerprint density at radius 1 is 0.950 bits per heavy atom. The Labute approximate surface area is 116 Å². The maximum absolute atomic E-state index is 11.9. The van der Waals surface area contributed by atoms with Crippen molar-refractivity contribution in [1.29, 1.82) is 0 Å².